The van der Waals surface area contributed by atoms with Crippen LogP contribution in [0.1, 0.15) is 5.56 Å². The van der Waals surface area contributed by atoms with Crippen LogP contribution in [0.3, 0.4) is 0 Å². The van der Waals surface area contributed by atoms with E-state index < -0.39 is 0 Å². The normalized spacial score (nSPS) is 10.7. The molecule has 0 saturated carbocycles. The van der Waals surface area contributed by atoms with Gasteiger partial charge >= 0.3 is 0 Å². The van der Waals surface area contributed by atoms with Crippen LogP contribution >= 0.6 is 23.4 Å². The largest absolute Gasteiger partial charge is 0.325 e. The third kappa shape index (κ3) is 5.72. The fourth-order valence-electron chi connectivity index (χ4n) is 1.99. The molecule has 0 aliphatic heterocycles. The number of amides is 1. The summed E-state index contributed by atoms with van der Waals surface area (Å²) in [5.74, 6) is 0.362. The first-order valence-electron chi connectivity index (χ1n) is 6.95. The fraction of sp³-hybridized carbons (Fsp3) is 0.235. The summed E-state index contributed by atoms with van der Waals surface area (Å²) in [5, 5.41) is 3.63. The molecule has 1 amide bonds. The van der Waals surface area contributed by atoms with E-state index in [1.54, 1.807) is 0 Å². The molecule has 0 aromatic heterocycles. The summed E-state index contributed by atoms with van der Waals surface area (Å²) >= 11 is 7.33. The van der Waals surface area contributed by atoms with Gasteiger partial charge in [0, 0.05) is 22.2 Å². The van der Waals surface area contributed by atoms with Crippen molar-refractivity contribution in [2.75, 3.05) is 25.2 Å². The Bertz CT molecular complexity index is 629. The van der Waals surface area contributed by atoms with Gasteiger partial charge in [-0.3, -0.25) is 4.79 Å². The summed E-state index contributed by atoms with van der Waals surface area (Å²) in [6, 6.07) is 15.4. The van der Waals surface area contributed by atoms with Crippen molar-refractivity contribution in [2.24, 2.45) is 0 Å². The first-order valence-corrected chi connectivity index (χ1v) is 8.31. The number of anilines is 1. The molecule has 2 aromatic rings. The Balaban J connectivity index is 1.87. The molecule has 2 aromatic carbocycles. The van der Waals surface area contributed by atoms with Crippen LogP contribution in [0.15, 0.2) is 53.4 Å². The van der Waals surface area contributed by atoms with Crippen LogP contribution < -0.4 is 5.32 Å². The lowest BCUT2D eigenvalue weighted by Gasteiger charge is -2.11. The molecule has 1 N–H and O–H groups in total. The van der Waals surface area contributed by atoms with Gasteiger partial charge in [-0.1, -0.05) is 23.7 Å². The Kier molecular flexibility index (Phi) is 6.31. The van der Waals surface area contributed by atoms with Gasteiger partial charge in [0.1, 0.15) is 0 Å². The van der Waals surface area contributed by atoms with Crippen molar-refractivity contribution in [1.29, 1.82) is 0 Å². The molecule has 116 valence electrons. The maximum Gasteiger partial charge on any atom is 0.234 e. The molecule has 5 heteroatoms. The van der Waals surface area contributed by atoms with Gasteiger partial charge < -0.3 is 10.2 Å². The highest BCUT2D eigenvalue weighted by molar-refractivity contribution is 8.00. The second-order valence-corrected chi connectivity index (χ2v) is 6.71. The zero-order valence-electron chi connectivity index (χ0n) is 12.7. The Morgan fingerprint density at radius 3 is 2.59 bits per heavy atom. The zero-order valence-corrected chi connectivity index (χ0v) is 14.2. The fourth-order valence-corrected chi connectivity index (χ4v) is 2.81. The number of nitrogens with one attached hydrogen (secondary N) is 1. The molecule has 0 spiro atoms. The van der Waals surface area contributed by atoms with Crippen LogP contribution in [-0.4, -0.2) is 30.7 Å². The van der Waals surface area contributed by atoms with Gasteiger partial charge in [0.2, 0.25) is 5.91 Å². The minimum absolute atomic E-state index is 0.0121. The van der Waals surface area contributed by atoms with Crippen LogP contribution in [0.2, 0.25) is 5.02 Å². The van der Waals surface area contributed by atoms with E-state index >= 15 is 0 Å². The third-order valence-corrected chi connectivity index (χ3v) is 4.16. The summed E-state index contributed by atoms with van der Waals surface area (Å²) in [4.78, 5) is 15.1. The standard InChI is InChI=1S/C17H19ClN2OS/c1-20(2)11-13-4-3-5-15(10-13)19-17(21)12-22-16-8-6-14(18)7-9-16/h3-10H,11-12H2,1-2H3,(H,19,21). The van der Waals surface area contributed by atoms with Crippen molar-refractivity contribution in [3.05, 3.63) is 59.1 Å². The second kappa shape index (κ2) is 8.22. The van der Waals surface area contributed by atoms with Crippen molar-refractivity contribution < 1.29 is 4.79 Å². The van der Waals surface area contributed by atoms with Crippen molar-refractivity contribution in [1.82, 2.24) is 4.90 Å². The minimum Gasteiger partial charge on any atom is -0.325 e. The molecule has 0 bridgehead atoms. The van der Waals surface area contributed by atoms with E-state index in [2.05, 4.69) is 16.3 Å². The molecule has 0 atom stereocenters. The van der Waals surface area contributed by atoms with Gasteiger partial charge in [-0.05, 0) is 56.1 Å². The summed E-state index contributed by atoms with van der Waals surface area (Å²) < 4.78 is 0. The van der Waals surface area contributed by atoms with Crippen LogP contribution in [0.25, 0.3) is 0 Å². The van der Waals surface area contributed by atoms with Gasteiger partial charge in [0.25, 0.3) is 0 Å². The summed E-state index contributed by atoms with van der Waals surface area (Å²) in [5.41, 5.74) is 2.01. The predicted molar refractivity (Wildman–Crippen MR) is 94.6 cm³/mol. The Morgan fingerprint density at radius 1 is 1.18 bits per heavy atom. The number of thioether (sulfide) groups is 1. The molecule has 0 aliphatic rings. The van der Waals surface area contributed by atoms with Crippen LogP contribution in [0.4, 0.5) is 5.69 Å². The van der Waals surface area contributed by atoms with Crippen molar-refractivity contribution >= 4 is 35.0 Å². The molecule has 0 unspecified atom stereocenters. The molecule has 0 fully saturated rings. The maximum atomic E-state index is 12.0. The van der Waals surface area contributed by atoms with E-state index in [9.17, 15) is 4.79 Å². The van der Waals surface area contributed by atoms with Gasteiger partial charge in [-0.15, -0.1) is 11.8 Å². The maximum absolute atomic E-state index is 12.0. The molecule has 0 aliphatic carbocycles. The Labute approximate surface area is 140 Å². The lowest BCUT2D eigenvalue weighted by atomic mass is 10.2. The third-order valence-electron chi connectivity index (χ3n) is 2.89. The quantitative estimate of drug-likeness (QED) is 0.806. The smallest absolute Gasteiger partial charge is 0.234 e. The summed E-state index contributed by atoms with van der Waals surface area (Å²) in [6.45, 7) is 0.850. The second-order valence-electron chi connectivity index (χ2n) is 5.23. The number of carbonyl (C=O) groups is 1. The van der Waals surface area contributed by atoms with E-state index in [-0.39, 0.29) is 5.91 Å². The average molecular weight is 335 g/mol. The number of nitrogens with zero attached hydrogens (tertiary/aromatic N) is 1. The highest BCUT2D eigenvalue weighted by Gasteiger charge is 2.05. The Morgan fingerprint density at radius 2 is 1.91 bits per heavy atom. The van der Waals surface area contributed by atoms with E-state index in [4.69, 9.17) is 11.6 Å². The highest BCUT2D eigenvalue weighted by Crippen LogP contribution is 2.20. The van der Waals surface area contributed by atoms with Crippen molar-refractivity contribution in [3.63, 3.8) is 0 Å². The number of hydrogen-bond acceptors (Lipinski definition) is 3. The van der Waals surface area contributed by atoms with Gasteiger partial charge in [-0.25, -0.2) is 0 Å². The van der Waals surface area contributed by atoms with Crippen molar-refractivity contribution in [2.45, 2.75) is 11.4 Å². The number of rotatable bonds is 6. The minimum atomic E-state index is -0.0121. The summed E-state index contributed by atoms with van der Waals surface area (Å²) in [6.07, 6.45) is 0. The molecule has 2 rings (SSSR count). The van der Waals surface area contributed by atoms with Gasteiger partial charge in [0.15, 0.2) is 0 Å². The molecule has 0 saturated heterocycles. The van der Waals surface area contributed by atoms with Gasteiger partial charge in [0.05, 0.1) is 5.75 Å². The van der Waals surface area contributed by atoms with Crippen LogP contribution in [0, 0.1) is 0 Å². The predicted octanol–water partition coefficient (Wildman–Crippen LogP) is 4.13. The average Bonchev–Trinajstić information content (AvgIpc) is 2.46. The first kappa shape index (κ1) is 16.9. The molecule has 22 heavy (non-hydrogen) atoms. The van der Waals surface area contributed by atoms with Crippen LogP contribution in [0.5, 0.6) is 0 Å². The van der Waals surface area contributed by atoms with Crippen molar-refractivity contribution in [3.8, 4) is 0 Å². The van der Waals surface area contributed by atoms with E-state index in [0.717, 1.165) is 17.1 Å². The number of hydrogen-bond donors (Lipinski definition) is 1. The van der Waals surface area contributed by atoms with E-state index in [1.807, 2.05) is 56.6 Å². The van der Waals surface area contributed by atoms with E-state index in [1.165, 1.54) is 17.3 Å². The SMILES string of the molecule is CN(C)Cc1cccc(NC(=O)CSc2ccc(Cl)cc2)c1. The zero-order chi connectivity index (χ0) is 15.9. The van der Waals surface area contributed by atoms with E-state index in [0.29, 0.717) is 10.8 Å². The number of carbonyl (C=O) groups excluding carboxylic acids is 1. The van der Waals surface area contributed by atoms with Crippen LogP contribution in [-0.2, 0) is 11.3 Å². The van der Waals surface area contributed by atoms with Gasteiger partial charge in [-0.2, -0.15) is 0 Å². The molecule has 0 radical (unpaired) electrons. The highest BCUT2D eigenvalue weighted by atomic mass is 35.5. The molecule has 3 nitrogen and oxygen atoms in total. The molecular formula is C17H19ClN2OS. The summed E-state index contributed by atoms with van der Waals surface area (Å²) in [7, 11) is 4.04. The topological polar surface area (TPSA) is 32.3 Å². The molecular weight excluding hydrogens is 316 g/mol. The number of halogens is 1. The first-order chi connectivity index (χ1) is 10.5. The lowest BCUT2D eigenvalue weighted by molar-refractivity contribution is -0.113. The monoisotopic (exact) mass is 334 g/mol. The lowest BCUT2D eigenvalue weighted by Crippen LogP contribution is -2.15. The molecule has 0 heterocycles. The number of benzene rings is 2. The Hall–Kier alpha value is -1.49.